The van der Waals surface area contributed by atoms with E-state index in [1.54, 1.807) is 6.92 Å². The lowest BCUT2D eigenvalue weighted by molar-refractivity contribution is 0.189. The normalized spacial score (nSPS) is 39.1. The summed E-state index contributed by atoms with van der Waals surface area (Å²) in [7, 11) is -9.76. The Labute approximate surface area is 112 Å². The van der Waals surface area contributed by atoms with Crippen molar-refractivity contribution in [3.8, 4) is 0 Å². The van der Waals surface area contributed by atoms with Crippen LogP contribution in [-0.4, -0.2) is 24.5 Å². The zero-order chi connectivity index (χ0) is 14.6. The van der Waals surface area contributed by atoms with E-state index in [0.717, 1.165) is 19.3 Å². The molecule has 0 radical (unpaired) electrons. The highest BCUT2D eigenvalue weighted by Crippen LogP contribution is 2.79. The van der Waals surface area contributed by atoms with Crippen molar-refractivity contribution in [3.05, 3.63) is 0 Å². The van der Waals surface area contributed by atoms with Crippen molar-refractivity contribution in [2.24, 2.45) is 23.7 Å². The number of fused-ring (bicyclic) bond motifs is 1. The summed E-state index contributed by atoms with van der Waals surface area (Å²) in [5.74, 6) is -0.167. The Kier molecular flexibility index (Phi) is 3.84. The van der Waals surface area contributed by atoms with Crippen LogP contribution >= 0.6 is 15.2 Å². The summed E-state index contributed by atoms with van der Waals surface area (Å²) < 4.78 is 23.7. The molecule has 0 bridgehead atoms. The topological polar surface area (TPSA) is 115 Å². The second-order valence-electron chi connectivity index (χ2n) is 6.30. The number of hydrogen-bond acceptors (Lipinski definition) is 2. The minimum absolute atomic E-state index is 0.0106. The summed E-state index contributed by atoms with van der Waals surface area (Å²) in [5, 5.41) is 0. The molecule has 8 heteroatoms. The van der Waals surface area contributed by atoms with Gasteiger partial charge in [-0.2, -0.15) is 0 Å². The van der Waals surface area contributed by atoms with Crippen molar-refractivity contribution in [2.75, 3.05) is 0 Å². The highest BCUT2D eigenvalue weighted by molar-refractivity contribution is 7.72. The lowest BCUT2D eigenvalue weighted by Crippen LogP contribution is -2.33. The third-order valence-corrected chi connectivity index (χ3v) is 10.0. The fraction of sp³-hybridized carbons (Fsp3) is 1.00. The Morgan fingerprint density at radius 1 is 1.00 bits per heavy atom. The zero-order valence-corrected chi connectivity index (χ0v) is 12.9. The maximum Gasteiger partial charge on any atom is 0.344 e. The molecule has 2 aliphatic carbocycles. The molecule has 0 aromatic heterocycles. The molecule has 2 fully saturated rings. The van der Waals surface area contributed by atoms with Gasteiger partial charge in [0.05, 0.1) is 0 Å². The van der Waals surface area contributed by atoms with Crippen LogP contribution in [0.15, 0.2) is 0 Å². The van der Waals surface area contributed by atoms with Gasteiger partial charge >= 0.3 is 15.2 Å². The molecular formula is C11H22O6P2. The predicted molar refractivity (Wildman–Crippen MR) is 70.6 cm³/mol. The standard InChI is InChI=1S/C11H22O6P2/c1-7-3-4-10-8(2)11(18(12,13)14,19(15,16)17)6-9(10)5-7/h7-10H,3-6H2,1-2H3,(H2,12,13,14)(H2,15,16,17). The van der Waals surface area contributed by atoms with E-state index in [1.165, 1.54) is 0 Å². The van der Waals surface area contributed by atoms with Crippen LogP contribution in [0.1, 0.15) is 39.5 Å². The minimum Gasteiger partial charge on any atom is -0.324 e. The molecule has 0 amide bonds. The molecular weight excluding hydrogens is 290 g/mol. The second-order valence-corrected chi connectivity index (χ2v) is 10.4. The Bertz CT molecular complexity index is 430. The average molecular weight is 312 g/mol. The van der Waals surface area contributed by atoms with Gasteiger partial charge in [-0.1, -0.05) is 20.3 Å². The van der Waals surface area contributed by atoms with Crippen LogP contribution in [0.5, 0.6) is 0 Å². The molecule has 19 heavy (non-hydrogen) atoms. The summed E-state index contributed by atoms with van der Waals surface area (Å²) in [4.78, 5) is 36.3. The van der Waals surface area contributed by atoms with E-state index >= 15 is 0 Å². The first-order chi connectivity index (χ1) is 8.50. The zero-order valence-electron chi connectivity index (χ0n) is 11.1. The van der Waals surface area contributed by atoms with E-state index < -0.39 is 26.0 Å². The van der Waals surface area contributed by atoms with Gasteiger partial charge in [-0.25, -0.2) is 0 Å². The largest absolute Gasteiger partial charge is 0.344 e. The fourth-order valence-corrected chi connectivity index (χ4v) is 8.01. The van der Waals surface area contributed by atoms with Gasteiger partial charge in [-0.3, -0.25) is 9.13 Å². The van der Waals surface area contributed by atoms with Crippen LogP contribution in [0.4, 0.5) is 0 Å². The summed E-state index contributed by atoms with van der Waals surface area (Å²) in [5.41, 5.74) is 0. The summed E-state index contributed by atoms with van der Waals surface area (Å²) in [6.07, 6.45) is 2.51. The van der Waals surface area contributed by atoms with E-state index in [4.69, 9.17) is 0 Å². The molecule has 6 nitrogen and oxygen atoms in total. The van der Waals surface area contributed by atoms with E-state index in [9.17, 15) is 28.7 Å². The minimum atomic E-state index is -4.88. The summed E-state index contributed by atoms with van der Waals surface area (Å²) in [6, 6.07) is 0. The van der Waals surface area contributed by atoms with Crippen molar-refractivity contribution in [2.45, 2.75) is 44.4 Å². The quantitative estimate of drug-likeness (QED) is 0.581. The molecule has 0 aliphatic heterocycles. The van der Waals surface area contributed by atoms with Crippen LogP contribution in [0.25, 0.3) is 0 Å². The predicted octanol–water partition coefficient (Wildman–Crippen LogP) is 2.13. The Balaban J connectivity index is 2.48. The first-order valence-electron chi connectivity index (χ1n) is 6.62. The SMILES string of the molecule is CC1CCC2C(C1)CC(P(=O)(O)O)(P(=O)(O)O)C2C. The maximum absolute atomic E-state index is 11.8. The molecule has 2 saturated carbocycles. The highest BCUT2D eigenvalue weighted by atomic mass is 31.2. The molecule has 4 atom stereocenters. The number of rotatable bonds is 2. The van der Waals surface area contributed by atoms with Gasteiger partial charge in [0.2, 0.25) is 0 Å². The summed E-state index contributed by atoms with van der Waals surface area (Å²) >= 11 is 0. The first kappa shape index (κ1) is 15.7. The van der Waals surface area contributed by atoms with Gasteiger partial charge in [-0.15, -0.1) is 0 Å². The first-order valence-corrected chi connectivity index (χ1v) is 9.84. The number of hydrogen-bond donors (Lipinski definition) is 4. The van der Waals surface area contributed by atoms with Crippen LogP contribution in [0.2, 0.25) is 0 Å². The molecule has 0 spiro atoms. The van der Waals surface area contributed by atoms with Crippen LogP contribution in [0.3, 0.4) is 0 Å². The molecule has 2 rings (SSSR count). The maximum atomic E-state index is 11.8. The highest BCUT2D eigenvalue weighted by Gasteiger charge is 2.69. The van der Waals surface area contributed by atoms with Gasteiger partial charge < -0.3 is 19.6 Å². The second kappa shape index (κ2) is 4.66. The Morgan fingerprint density at radius 3 is 2.00 bits per heavy atom. The van der Waals surface area contributed by atoms with Crippen LogP contribution in [0, 0.1) is 23.7 Å². The third kappa shape index (κ3) is 2.27. The molecule has 0 saturated heterocycles. The van der Waals surface area contributed by atoms with Crippen molar-refractivity contribution >= 4 is 15.2 Å². The lowest BCUT2D eigenvalue weighted by atomic mass is 9.74. The molecule has 4 N–H and O–H groups in total. The van der Waals surface area contributed by atoms with Crippen molar-refractivity contribution < 1.29 is 28.7 Å². The average Bonchev–Trinajstić information content (AvgIpc) is 2.50. The molecule has 0 heterocycles. The van der Waals surface area contributed by atoms with Gasteiger partial charge in [0.1, 0.15) is 0 Å². The molecule has 2 aliphatic rings. The molecule has 0 aromatic carbocycles. The van der Waals surface area contributed by atoms with E-state index in [1.807, 2.05) is 0 Å². The van der Waals surface area contributed by atoms with E-state index in [2.05, 4.69) is 6.92 Å². The van der Waals surface area contributed by atoms with Crippen molar-refractivity contribution in [1.82, 2.24) is 0 Å². The van der Waals surface area contributed by atoms with Gasteiger partial charge in [0.15, 0.2) is 4.90 Å². The van der Waals surface area contributed by atoms with Crippen LogP contribution < -0.4 is 0 Å². The molecule has 4 unspecified atom stereocenters. The monoisotopic (exact) mass is 312 g/mol. The molecule has 0 aromatic rings. The van der Waals surface area contributed by atoms with E-state index in [-0.39, 0.29) is 18.3 Å². The summed E-state index contributed by atoms with van der Waals surface area (Å²) in [6.45, 7) is 3.68. The van der Waals surface area contributed by atoms with Gasteiger partial charge in [0.25, 0.3) is 0 Å². The molecule has 112 valence electrons. The lowest BCUT2D eigenvalue weighted by Gasteiger charge is -2.36. The Morgan fingerprint density at radius 2 is 1.53 bits per heavy atom. The smallest absolute Gasteiger partial charge is 0.324 e. The third-order valence-electron chi connectivity index (χ3n) is 5.25. The van der Waals surface area contributed by atoms with Gasteiger partial charge in [-0.05, 0) is 42.9 Å². The van der Waals surface area contributed by atoms with Gasteiger partial charge in [0, 0.05) is 0 Å². The van der Waals surface area contributed by atoms with Crippen LogP contribution in [-0.2, 0) is 9.13 Å². The fourth-order valence-electron chi connectivity index (χ4n) is 4.27. The van der Waals surface area contributed by atoms with E-state index in [0.29, 0.717) is 5.92 Å². The van der Waals surface area contributed by atoms with Crippen molar-refractivity contribution in [1.29, 1.82) is 0 Å². The van der Waals surface area contributed by atoms with Crippen molar-refractivity contribution in [3.63, 3.8) is 0 Å². The Hall–Kier alpha value is 0.300.